The third-order valence-corrected chi connectivity index (χ3v) is 4.05. The minimum Gasteiger partial charge on any atom is -0.206 e. The van der Waals surface area contributed by atoms with Crippen LogP contribution in [0.2, 0.25) is 0 Å². The molecule has 3 aromatic carbocycles. The van der Waals surface area contributed by atoms with Crippen LogP contribution in [0.15, 0.2) is 66.2 Å². The van der Waals surface area contributed by atoms with Crippen molar-refractivity contribution < 1.29 is 13.2 Å². The number of halogens is 3. The summed E-state index contributed by atoms with van der Waals surface area (Å²) in [7, 11) is 0. The molecule has 0 spiro atoms. The molecule has 0 atom stereocenters. The predicted molar refractivity (Wildman–Crippen MR) is 109 cm³/mol. The highest BCUT2D eigenvalue weighted by Crippen LogP contribution is 2.29. The molecule has 1 nitrogen and oxygen atoms in total. The van der Waals surface area contributed by atoms with Crippen LogP contribution in [-0.2, 0) is 0 Å². The van der Waals surface area contributed by atoms with E-state index >= 15 is 0 Å². The second-order valence-corrected chi connectivity index (χ2v) is 5.94. The van der Waals surface area contributed by atoms with Crippen LogP contribution in [0.4, 0.5) is 18.9 Å². The minimum atomic E-state index is -0.824. The lowest BCUT2D eigenvalue weighted by molar-refractivity contribution is 0.588. The first kappa shape index (κ1) is 19.3. The number of isothiocyanates is 1. The number of thiocarbonyl (C=S) groups is 1. The zero-order valence-electron chi connectivity index (χ0n) is 14.5. The summed E-state index contributed by atoms with van der Waals surface area (Å²) in [6.07, 6.45) is 1.55. The number of hydrogen-bond acceptors (Lipinski definition) is 2. The zero-order chi connectivity index (χ0) is 20.1. The van der Waals surface area contributed by atoms with Crippen molar-refractivity contribution in [1.82, 2.24) is 0 Å². The van der Waals surface area contributed by atoms with E-state index in [1.54, 1.807) is 42.5 Å². The Morgan fingerprint density at radius 3 is 2.07 bits per heavy atom. The van der Waals surface area contributed by atoms with Crippen molar-refractivity contribution >= 4 is 29.1 Å². The first-order valence-electron chi connectivity index (χ1n) is 8.13. The van der Waals surface area contributed by atoms with Crippen molar-refractivity contribution in [3.63, 3.8) is 0 Å². The van der Waals surface area contributed by atoms with Gasteiger partial charge in [0.25, 0.3) is 0 Å². The van der Waals surface area contributed by atoms with Gasteiger partial charge in [0.15, 0.2) is 11.6 Å². The summed E-state index contributed by atoms with van der Waals surface area (Å²) in [5.41, 5.74) is 2.07. The molecule has 0 amide bonds. The van der Waals surface area contributed by atoms with E-state index in [4.69, 9.17) is 0 Å². The number of rotatable bonds is 3. The predicted octanol–water partition coefficient (Wildman–Crippen LogP) is 6.55. The second-order valence-electron chi connectivity index (χ2n) is 5.76. The first-order chi connectivity index (χ1) is 13.5. The summed E-state index contributed by atoms with van der Waals surface area (Å²) >= 11 is 4.38. The van der Waals surface area contributed by atoms with Crippen molar-refractivity contribution in [2.45, 2.75) is 0 Å². The van der Waals surface area contributed by atoms with E-state index < -0.39 is 23.1 Å². The summed E-state index contributed by atoms with van der Waals surface area (Å²) in [6.45, 7) is 3.59. The van der Waals surface area contributed by atoms with Crippen LogP contribution in [0.25, 0.3) is 17.2 Å². The molecular weight excluding hydrogens is 379 g/mol. The van der Waals surface area contributed by atoms with Gasteiger partial charge in [0, 0.05) is 5.56 Å². The fourth-order valence-corrected chi connectivity index (χ4v) is 2.62. The van der Waals surface area contributed by atoms with Crippen molar-refractivity contribution in [1.29, 1.82) is 0 Å². The molecule has 0 saturated carbocycles. The van der Waals surface area contributed by atoms with Crippen LogP contribution in [0.1, 0.15) is 16.7 Å². The molecular formula is C23H12F3NS. The maximum Gasteiger partial charge on any atom is 0.153 e. The molecule has 0 fully saturated rings. The minimum absolute atomic E-state index is 0.272. The van der Waals surface area contributed by atoms with Gasteiger partial charge in [-0.3, -0.25) is 0 Å². The molecule has 0 radical (unpaired) electrons. The summed E-state index contributed by atoms with van der Waals surface area (Å²) in [4.78, 5) is 3.39. The Morgan fingerprint density at radius 1 is 0.821 bits per heavy atom. The van der Waals surface area contributed by atoms with Gasteiger partial charge in [-0.15, -0.1) is 0 Å². The molecule has 28 heavy (non-hydrogen) atoms. The lowest BCUT2D eigenvalue weighted by atomic mass is 10.0. The summed E-state index contributed by atoms with van der Waals surface area (Å²) in [5, 5.41) is 1.95. The molecule has 136 valence electrons. The maximum atomic E-state index is 14.0. The molecule has 5 heteroatoms. The van der Waals surface area contributed by atoms with E-state index in [9.17, 15) is 13.2 Å². The molecule has 3 rings (SSSR count). The zero-order valence-corrected chi connectivity index (χ0v) is 15.3. The van der Waals surface area contributed by atoms with E-state index in [0.29, 0.717) is 22.3 Å². The molecule has 0 aromatic heterocycles. The monoisotopic (exact) mass is 391 g/mol. The molecule has 0 N–H and O–H groups in total. The lowest BCUT2D eigenvalue weighted by Gasteiger charge is -2.05. The maximum absolute atomic E-state index is 14.0. The Morgan fingerprint density at radius 2 is 1.50 bits per heavy atom. The van der Waals surface area contributed by atoms with E-state index in [1.165, 1.54) is 18.2 Å². The number of benzene rings is 3. The van der Waals surface area contributed by atoms with Crippen LogP contribution < -0.4 is 0 Å². The Labute approximate surface area is 165 Å². The normalized spacial score (nSPS) is 9.82. The van der Waals surface area contributed by atoms with Crippen LogP contribution in [-0.4, -0.2) is 5.16 Å². The fraction of sp³-hybridized carbons (Fsp3) is 0. The smallest absolute Gasteiger partial charge is 0.153 e. The summed E-state index contributed by atoms with van der Waals surface area (Å²) in [5.74, 6) is 3.57. The highest BCUT2D eigenvalue weighted by molar-refractivity contribution is 7.78. The van der Waals surface area contributed by atoms with Gasteiger partial charge in [-0.2, -0.15) is 4.99 Å². The van der Waals surface area contributed by atoms with Crippen LogP contribution in [0, 0.1) is 29.3 Å². The lowest BCUT2D eigenvalue weighted by Crippen LogP contribution is -1.87. The number of hydrogen-bond donors (Lipinski definition) is 0. The van der Waals surface area contributed by atoms with Crippen LogP contribution in [0.5, 0.6) is 0 Å². The van der Waals surface area contributed by atoms with E-state index in [-0.39, 0.29) is 5.56 Å². The Balaban J connectivity index is 1.87. The largest absolute Gasteiger partial charge is 0.206 e. The molecule has 0 unspecified atom stereocenters. The van der Waals surface area contributed by atoms with Crippen molar-refractivity contribution in [2.75, 3.05) is 0 Å². The van der Waals surface area contributed by atoms with Gasteiger partial charge >= 0.3 is 0 Å². The van der Waals surface area contributed by atoms with Gasteiger partial charge in [-0.1, -0.05) is 42.7 Å². The number of nitrogens with zero attached hydrogens (tertiary/aromatic N) is 1. The third kappa shape index (κ3) is 4.27. The summed E-state index contributed by atoms with van der Waals surface area (Å²) < 4.78 is 41.9. The SMILES string of the molecule is C=Cc1ccc(C#Cc2ccc(-c3cc(F)c(N=C=S)c(F)c3)cc2)c(F)c1. The van der Waals surface area contributed by atoms with E-state index in [2.05, 4.69) is 35.6 Å². The van der Waals surface area contributed by atoms with E-state index in [1.807, 2.05) is 5.16 Å². The third-order valence-electron chi connectivity index (χ3n) is 3.96. The number of aliphatic imine (C=N–C) groups is 1. The van der Waals surface area contributed by atoms with Gasteiger partial charge < -0.3 is 0 Å². The van der Waals surface area contributed by atoms with Crippen molar-refractivity contribution in [2.24, 2.45) is 4.99 Å². The molecule has 0 heterocycles. The average Bonchev–Trinajstić information content (AvgIpc) is 2.70. The van der Waals surface area contributed by atoms with Gasteiger partial charge in [-0.25, -0.2) is 13.2 Å². The quantitative estimate of drug-likeness (QED) is 0.280. The van der Waals surface area contributed by atoms with Crippen molar-refractivity contribution in [3.05, 3.63) is 95.3 Å². The first-order valence-corrected chi connectivity index (χ1v) is 8.54. The van der Waals surface area contributed by atoms with Gasteiger partial charge in [0.1, 0.15) is 11.5 Å². The topological polar surface area (TPSA) is 12.4 Å². The standard InChI is InChI=1S/C23H12F3NS/c1-2-15-3-9-18(20(24)11-15)10-6-16-4-7-17(8-5-16)19-12-21(25)23(27-14-28)22(26)13-19/h2-5,7-9,11-13H,1H2. The average molecular weight is 391 g/mol. The molecule has 3 aromatic rings. The van der Waals surface area contributed by atoms with Gasteiger partial charge in [0.05, 0.1) is 10.7 Å². The molecule has 0 aliphatic carbocycles. The highest BCUT2D eigenvalue weighted by Gasteiger charge is 2.11. The van der Waals surface area contributed by atoms with Crippen LogP contribution >= 0.6 is 12.2 Å². The molecule has 0 bridgehead atoms. The fourth-order valence-electron chi connectivity index (χ4n) is 2.53. The summed E-state index contributed by atoms with van der Waals surface area (Å²) in [6, 6.07) is 13.8. The Hall–Kier alpha value is -3.45. The Bertz CT molecular complexity index is 1140. The Kier molecular flexibility index (Phi) is 5.86. The van der Waals surface area contributed by atoms with E-state index in [0.717, 1.165) is 0 Å². The van der Waals surface area contributed by atoms with Gasteiger partial charge in [0.2, 0.25) is 0 Å². The molecule has 0 aliphatic rings. The highest BCUT2D eigenvalue weighted by atomic mass is 32.1. The molecule has 0 aliphatic heterocycles. The second kappa shape index (κ2) is 8.49. The molecule has 0 saturated heterocycles. The van der Waals surface area contributed by atoms with Crippen molar-refractivity contribution in [3.8, 4) is 23.0 Å². The van der Waals surface area contributed by atoms with Gasteiger partial charge in [-0.05, 0) is 65.3 Å². The van der Waals surface area contributed by atoms with Crippen LogP contribution in [0.3, 0.4) is 0 Å².